The molecular formula is C15H43AlN2O15S5. The summed E-state index contributed by atoms with van der Waals surface area (Å²) in [7, 11) is -6.50. The van der Waals surface area contributed by atoms with E-state index in [0.29, 0.717) is 31.3 Å². The monoisotopic (exact) mass is 678 g/mol. The fourth-order valence-corrected chi connectivity index (χ4v) is 0. The van der Waals surface area contributed by atoms with Crippen molar-refractivity contribution in [2.24, 2.45) is 0 Å². The fraction of sp³-hybridized carbons (Fsp3) is 1.00. The van der Waals surface area contributed by atoms with Gasteiger partial charge in [0.25, 0.3) is 0 Å². The van der Waals surface area contributed by atoms with Gasteiger partial charge in [0.15, 0.2) is 0 Å². The van der Waals surface area contributed by atoms with Crippen LogP contribution < -0.4 is 0 Å². The zero-order valence-electron chi connectivity index (χ0n) is 24.1. The molecule has 0 rings (SSSR count). The van der Waals surface area contributed by atoms with Gasteiger partial charge in [-0.1, -0.05) is 0 Å². The van der Waals surface area contributed by atoms with Gasteiger partial charge in [-0.15, -0.1) is 0 Å². The third kappa shape index (κ3) is 1220. The maximum absolute atomic E-state index is 9.08. The van der Waals surface area contributed by atoms with Gasteiger partial charge in [-0.25, -0.2) is 42.1 Å². The Hall–Kier alpha value is 0.00247. The van der Waals surface area contributed by atoms with Crippen LogP contribution in [-0.4, -0.2) is 178 Å². The van der Waals surface area contributed by atoms with E-state index in [9.17, 15) is 0 Å². The average molecular weight is 679 g/mol. The van der Waals surface area contributed by atoms with Crippen LogP contribution in [0.1, 0.15) is 13.8 Å². The van der Waals surface area contributed by atoms with Gasteiger partial charge in [-0.3, -0.25) is 0 Å². The molecule has 236 valence electrons. The molecule has 0 atom stereocenters. The molecule has 0 aromatic carbocycles. The van der Waals surface area contributed by atoms with Gasteiger partial charge in [0.2, 0.25) is 0 Å². The molecule has 0 bridgehead atoms. The molecule has 0 aliphatic carbocycles. The van der Waals surface area contributed by atoms with E-state index in [1.54, 1.807) is 0 Å². The average Bonchev–Trinajstić information content (AvgIpc) is 2.37. The summed E-state index contributed by atoms with van der Waals surface area (Å²) in [5.41, 5.74) is 0. The molecule has 0 aliphatic rings. The van der Waals surface area contributed by atoms with Crippen LogP contribution in [0.25, 0.3) is 0 Å². The first-order valence-electron chi connectivity index (χ1n) is 9.27. The third-order valence-corrected chi connectivity index (χ3v) is 1.90. The predicted octanol–water partition coefficient (Wildman–Crippen LogP) is -3.15. The van der Waals surface area contributed by atoms with Crippen molar-refractivity contribution in [3.8, 4) is 0 Å². The third-order valence-electron chi connectivity index (χ3n) is 1.90. The van der Waals surface area contributed by atoms with Crippen LogP contribution in [0.4, 0.5) is 0 Å². The van der Waals surface area contributed by atoms with Crippen LogP contribution in [0.5, 0.6) is 0 Å². The summed E-state index contributed by atoms with van der Waals surface area (Å²) in [6.07, 6.45) is 3.02. The second-order valence-corrected chi connectivity index (χ2v) is 15.8. The van der Waals surface area contributed by atoms with Crippen LogP contribution >= 0.6 is 0 Å². The molecule has 0 aromatic heterocycles. The minimum Gasteiger partial charge on any atom is -0.748 e. The number of quaternary nitrogens is 2. The number of hydrogen-bond acceptors (Lipinski definition) is 15. The summed E-state index contributed by atoms with van der Waals surface area (Å²) in [6, 6.07) is 0. The van der Waals surface area contributed by atoms with Crippen LogP contribution in [0, 0.1) is 0 Å². The summed E-state index contributed by atoms with van der Waals surface area (Å²) in [5.74, 6) is 0. The minimum absolute atomic E-state index is 0. The summed E-state index contributed by atoms with van der Waals surface area (Å²) < 4.78 is 138. The van der Waals surface area contributed by atoms with Gasteiger partial charge >= 0.3 is 17.4 Å². The van der Waals surface area contributed by atoms with Crippen molar-refractivity contribution in [1.29, 1.82) is 0 Å². The van der Waals surface area contributed by atoms with Crippen LogP contribution in [0.15, 0.2) is 0 Å². The molecule has 0 N–H and O–H groups in total. The Kier molecular flexibility index (Phi) is 37.7. The maximum Gasteiger partial charge on any atom is 3.00 e. The van der Waals surface area contributed by atoms with Crippen molar-refractivity contribution < 1.29 is 73.8 Å². The van der Waals surface area contributed by atoms with E-state index in [4.69, 9.17) is 64.9 Å². The Morgan fingerprint density at radius 2 is 0.421 bits per heavy atom. The molecule has 0 unspecified atom stereocenters. The SMILES string of the molecule is CC[N+](C)(C)C.CC[N+](C)(C)C.CS(=O)(=O)[O-].CS(=O)(=O)[O-].CS(=O)(=O)[O-].CS(=O)(=O)[O-].CS(=O)(=O)[O-].[Al+3]. The second-order valence-electron chi connectivity index (χ2n) is 8.73. The normalized spacial score (nSPS) is 11.4. The summed E-state index contributed by atoms with van der Waals surface area (Å²) >= 11 is 0. The Morgan fingerprint density at radius 1 is 0.395 bits per heavy atom. The van der Waals surface area contributed by atoms with Gasteiger partial charge in [0.1, 0.15) is 0 Å². The van der Waals surface area contributed by atoms with Crippen LogP contribution in [-0.2, 0) is 50.6 Å². The van der Waals surface area contributed by atoms with Crippen molar-refractivity contribution in [2.75, 3.05) is 86.7 Å². The van der Waals surface area contributed by atoms with Gasteiger partial charge in [-0.05, 0) is 13.8 Å². The van der Waals surface area contributed by atoms with Gasteiger partial charge in [-0.2, -0.15) is 0 Å². The molecule has 0 amide bonds. The van der Waals surface area contributed by atoms with Crippen molar-refractivity contribution in [3.05, 3.63) is 0 Å². The zero-order chi connectivity index (χ0) is 32.9. The summed E-state index contributed by atoms with van der Waals surface area (Å²) in [6.45, 7) is 6.78. The molecule has 0 aromatic rings. The molecule has 0 fully saturated rings. The maximum atomic E-state index is 9.08. The Morgan fingerprint density at radius 3 is 0.421 bits per heavy atom. The Labute approximate surface area is 241 Å². The first kappa shape index (κ1) is 57.8. The van der Waals surface area contributed by atoms with Crippen LogP contribution in [0.2, 0.25) is 0 Å². The Balaban J connectivity index is -0.0000000459. The molecular weight excluding hydrogens is 635 g/mol. The second kappa shape index (κ2) is 24.8. The molecule has 0 saturated carbocycles. The van der Waals surface area contributed by atoms with Crippen molar-refractivity contribution >= 4 is 68.0 Å². The van der Waals surface area contributed by atoms with E-state index in [1.165, 1.54) is 13.1 Å². The Bertz CT molecular complexity index is 844. The van der Waals surface area contributed by atoms with E-state index in [-0.39, 0.29) is 17.4 Å². The fourth-order valence-electron chi connectivity index (χ4n) is 0. The number of nitrogens with zero attached hydrogens (tertiary/aromatic N) is 2. The standard InChI is InChI=1S/2C5H14N.5CH4O3S.Al/c2*1-5-6(2,3)4;5*1-5(2,3)4;/h2*5H2,1-4H3;5*1H3,(H,2,3,4);/q2*+1;;;;;;+3/p-5. The smallest absolute Gasteiger partial charge is 0.748 e. The first-order chi connectivity index (χ1) is 15.1. The van der Waals surface area contributed by atoms with Gasteiger partial charge in [0, 0.05) is 31.3 Å². The number of hydrogen-bond donors (Lipinski definition) is 0. The van der Waals surface area contributed by atoms with E-state index < -0.39 is 50.6 Å². The van der Waals surface area contributed by atoms with E-state index in [0.717, 1.165) is 8.97 Å². The van der Waals surface area contributed by atoms with Crippen molar-refractivity contribution in [2.45, 2.75) is 13.8 Å². The van der Waals surface area contributed by atoms with Gasteiger partial charge in [0.05, 0.1) is 106 Å². The zero-order valence-corrected chi connectivity index (χ0v) is 29.3. The molecule has 0 spiro atoms. The minimum atomic E-state index is -3.92. The topological polar surface area (TPSA) is 286 Å². The molecule has 23 heteroatoms. The quantitative estimate of drug-likeness (QED) is 0.158. The summed E-state index contributed by atoms with van der Waals surface area (Å²) in [4.78, 5) is 0. The van der Waals surface area contributed by atoms with Crippen LogP contribution in [0.3, 0.4) is 0 Å². The van der Waals surface area contributed by atoms with E-state index in [2.05, 4.69) is 56.1 Å². The van der Waals surface area contributed by atoms with E-state index in [1.807, 2.05) is 0 Å². The molecule has 0 aliphatic heterocycles. The van der Waals surface area contributed by atoms with Gasteiger partial charge < -0.3 is 31.7 Å². The predicted molar refractivity (Wildman–Crippen MR) is 141 cm³/mol. The molecule has 0 saturated heterocycles. The van der Waals surface area contributed by atoms with Crippen molar-refractivity contribution in [3.63, 3.8) is 0 Å². The molecule has 38 heavy (non-hydrogen) atoms. The largest absolute Gasteiger partial charge is 3.00 e. The molecule has 0 heterocycles. The van der Waals surface area contributed by atoms with Crippen molar-refractivity contribution in [1.82, 2.24) is 0 Å². The first-order valence-corrected chi connectivity index (χ1v) is 18.4. The molecule has 0 radical (unpaired) electrons. The number of rotatable bonds is 2. The van der Waals surface area contributed by atoms with E-state index >= 15 is 0 Å². The molecule has 17 nitrogen and oxygen atoms in total. The summed E-state index contributed by atoms with van der Waals surface area (Å²) in [5, 5.41) is 0.